The van der Waals surface area contributed by atoms with Crippen LogP contribution in [0.15, 0.2) is 24.3 Å². The summed E-state index contributed by atoms with van der Waals surface area (Å²) < 4.78 is 5.86. The number of rotatable bonds is 4. The van der Waals surface area contributed by atoms with Crippen molar-refractivity contribution in [3.63, 3.8) is 0 Å². The summed E-state index contributed by atoms with van der Waals surface area (Å²) in [6.07, 6.45) is 5.75. The first-order chi connectivity index (χ1) is 7.79. The summed E-state index contributed by atoms with van der Waals surface area (Å²) in [4.78, 5) is 0. The lowest BCUT2D eigenvalue weighted by molar-refractivity contribution is 0.173. The summed E-state index contributed by atoms with van der Waals surface area (Å²) in [6.45, 7) is 1.98. The summed E-state index contributed by atoms with van der Waals surface area (Å²) in [6, 6.07) is 7.84. The fraction of sp³-hybridized carbons (Fsp3) is 0.571. The molecule has 0 radical (unpaired) electrons. The van der Waals surface area contributed by atoms with E-state index in [1.807, 2.05) is 31.2 Å². The SMILES string of the molecule is CC[C@@H](O)c1ccc(OC2CCCC2)cc1. The molecule has 0 heterocycles. The maximum Gasteiger partial charge on any atom is 0.119 e. The van der Waals surface area contributed by atoms with Crippen LogP contribution < -0.4 is 4.74 Å². The predicted octanol–water partition coefficient (Wildman–Crippen LogP) is 3.45. The second-order valence-electron chi connectivity index (χ2n) is 4.52. The number of ether oxygens (including phenoxy) is 1. The van der Waals surface area contributed by atoms with Crippen LogP contribution in [0.4, 0.5) is 0 Å². The highest BCUT2D eigenvalue weighted by atomic mass is 16.5. The van der Waals surface area contributed by atoms with E-state index in [9.17, 15) is 5.11 Å². The standard InChI is InChI=1S/C14H20O2/c1-2-14(15)11-7-9-13(10-8-11)16-12-5-3-4-6-12/h7-10,12,14-15H,2-6H2,1H3/t14-/m1/s1. The van der Waals surface area contributed by atoms with E-state index in [0.29, 0.717) is 6.10 Å². The van der Waals surface area contributed by atoms with E-state index in [0.717, 1.165) is 17.7 Å². The van der Waals surface area contributed by atoms with Crippen molar-refractivity contribution in [1.82, 2.24) is 0 Å². The van der Waals surface area contributed by atoms with Gasteiger partial charge < -0.3 is 9.84 Å². The van der Waals surface area contributed by atoms with E-state index in [1.54, 1.807) is 0 Å². The van der Waals surface area contributed by atoms with Crippen LogP contribution in [0.1, 0.15) is 50.7 Å². The fourth-order valence-corrected chi connectivity index (χ4v) is 2.20. The average Bonchev–Trinajstić information content (AvgIpc) is 2.82. The highest BCUT2D eigenvalue weighted by Gasteiger charge is 2.16. The maximum atomic E-state index is 9.66. The quantitative estimate of drug-likeness (QED) is 0.842. The molecule has 1 saturated carbocycles. The third kappa shape index (κ3) is 2.76. The monoisotopic (exact) mass is 220 g/mol. The number of aliphatic hydroxyl groups excluding tert-OH is 1. The Kier molecular flexibility index (Phi) is 3.83. The molecule has 0 aromatic heterocycles. The molecule has 0 bridgehead atoms. The fourth-order valence-electron chi connectivity index (χ4n) is 2.20. The van der Waals surface area contributed by atoms with Gasteiger partial charge >= 0.3 is 0 Å². The van der Waals surface area contributed by atoms with Crippen LogP contribution in [0.5, 0.6) is 5.75 Å². The molecule has 1 N–H and O–H groups in total. The van der Waals surface area contributed by atoms with Gasteiger partial charge in [-0.2, -0.15) is 0 Å². The van der Waals surface area contributed by atoms with Crippen LogP contribution in [-0.4, -0.2) is 11.2 Å². The molecule has 1 aromatic carbocycles. The molecular weight excluding hydrogens is 200 g/mol. The average molecular weight is 220 g/mol. The highest BCUT2D eigenvalue weighted by Crippen LogP contribution is 2.25. The Labute approximate surface area is 97.3 Å². The molecule has 1 aliphatic rings. The third-order valence-corrected chi connectivity index (χ3v) is 3.26. The number of aliphatic hydroxyl groups is 1. The molecule has 2 nitrogen and oxygen atoms in total. The van der Waals surface area contributed by atoms with Gasteiger partial charge in [0.25, 0.3) is 0 Å². The molecule has 1 atom stereocenters. The number of hydrogen-bond donors (Lipinski definition) is 1. The van der Waals surface area contributed by atoms with E-state index in [4.69, 9.17) is 4.74 Å². The van der Waals surface area contributed by atoms with Gasteiger partial charge in [0.1, 0.15) is 5.75 Å². The minimum atomic E-state index is -0.347. The molecular formula is C14H20O2. The van der Waals surface area contributed by atoms with Gasteiger partial charge in [0.2, 0.25) is 0 Å². The van der Waals surface area contributed by atoms with Gasteiger partial charge in [-0.05, 0) is 49.8 Å². The van der Waals surface area contributed by atoms with Crippen molar-refractivity contribution in [2.24, 2.45) is 0 Å². The molecule has 1 aliphatic carbocycles. The van der Waals surface area contributed by atoms with E-state index in [-0.39, 0.29) is 6.10 Å². The van der Waals surface area contributed by atoms with E-state index < -0.39 is 0 Å². The van der Waals surface area contributed by atoms with Gasteiger partial charge in [0.05, 0.1) is 12.2 Å². The summed E-state index contributed by atoms with van der Waals surface area (Å²) in [5.41, 5.74) is 0.973. The van der Waals surface area contributed by atoms with Crippen molar-refractivity contribution in [2.75, 3.05) is 0 Å². The maximum absolute atomic E-state index is 9.66. The Morgan fingerprint density at radius 2 is 1.88 bits per heavy atom. The Morgan fingerprint density at radius 1 is 1.25 bits per heavy atom. The molecule has 0 spiro atoms. The van der Waals surface area contributed by atoms with Crippen molar-refractivity contribution >= 4 is 0 Å². The second-order valence-corrected chi connectivity index (χ2v) is 4.52. The zero-order valence-electron chi connectivity index (χ0n) is 9.86. The molecule has 0 saturated heterocycles. The van der Waals surface area contributed by atoms with Crippen LogP contribution >= 0.6 is 0 Å². The molecule has 0 amide bonds. The largest absolute Gasteiger partial charge is 0.490 e. The second kappa shape index (κ2) is 5.35. The molecule has 1 aromatic rings. The van der Waals surface area contributed by atoms with Crippen LogP contribution in [0.2, 0.25) is 0 Å². The zero-order chi connectivity index (χ0) is 11.4. The Morgan fingerprint density at radius 3 is 2.44 bits per heavy atom. The van der Waals surface area contributed by atoms with Crippen LogP contribution in [0.25, 0.3) is 0 Å². The Hall–Kier alpha value is -1.02. The summed E-state index contributed by atoms with van der Waals surface area (Å²) in [5, 5.41) is 9.66. The van der Waals surface area contributed by atoms with Gasteiger partial charge in [0.15, 0.2) is 0 Å². The highest BCUT2D eigenvalue weighted by molar-refractivity contribution is 5.28. The van der Waals surface area contributed by atoms with Crippen molar-refractivity contribution in [3.05, 3.63) is 29.8 Å². The van der Waals surface area contributed by atoms with Gasteiger partial charge in [-0.25, -0.2) is 0 Å². The lowest BCUT2D eigenvalue weighted by Gasteiger charge is -2.14. The first-order valence-electron chi connectivity index (χ1n) is 6.24. The van der Waals surface area contributed by atoms with Crippen LogP contribution in [-0.2, 0) is 0 Å². The summed E-state index contributed by atoms with van der Waals surface area (Å²) in [7, 11) is 0. The minimum Gasteiger partial charge on any atom is -0.490 e. The zero-order valence-corrected chi connectivity index (χ0v) is 9.86. The van der Waals surface area contributed by atoms with E-state index in [2.05, 4.69) is 0 Å². The molecule has 0 aliphatic heterocycles. The molecule has 88 valence electrons. The summed E-state index contributed by atoms with van der Waals surface area (Å²) >= 11 is 0. The number of hydrogen-bond acceptors (Lipinski definition) is 2. The molecule has 1 fully saturated rings. The molecule has 2 rings (SSSR count). The van der Waals surface area contributed by atoms with Gasteiger partial charge in [-0.1, -0.05) is 19.1 Å². The normalized spacial score (nSPS) is 18.6. The lowest BCUT2D eigenvalue weighted by atomic mass is 10.1. The van der Waals surface area contributed by atoms with Crippen molar-refractivity contribution in [1.29, 1.82) is 0 Å². The van der Waals surface area contributed by atoms with Gasteiger partial charge in [-0.3, -0.25) is 0 Å². The molecule has 0 unspecified atom stereocenters. The third-order valence-electron chi connectivity index (χ3n) is 3.26. The first-order valence-corrected chi connectivity index (χ1v) is 6.24. The Balaban J connectivity index is 1.96. The summed E-state index contributed by atoms with van der Waals surface area (Å²) in [5.74, 6) is 0.930. The minimum absolute atomic E-state index is 0.347. The lowest BCUT2D eigenvalue weighted by Crippen LogP contribution is -2.10. The Bertz CT molecular complexity index is 312. The van der Waals surface area contributed by atoms with Gasteiger partial charge in [0, 0.05) is 0 Å². The molecule has 2 heteroatoms. The van der Waals surface area contributed by atoms with Crippen molar-refractivity contribution in [2.45, 2.75) is 51.2 Å². The van der Waals surface area contributed by atoms with E-state index in [1.165, 1.54) is 25.7 Å². The van der Waals surface area contributed by atoms with Crippen molar-refractivity contribution < 1.29 is 9.84 Å². The van der Waals surface area contributed by atoms with Gasteiger partial charge in [-0.15, -0.1) is 0 Å². The predicted molar refractivity (Wildman–Crippen MR) is 64.6 cm³/mol. The molecule has 16 heavy (non-hydrogen) atoms. The smallest absolute Gasteiger partial charge is 0.119 e. The van der Waals surface area contributed by atoms with Crippen LogP contribution in [0.3, 0.4) is 0 Å². The number of benzene rings is 1. The first kappa shape index (κ1) is 11.5. The van der Waals surface area contributed by atoms with Crippen LogP contribution in [0, 0.1) is 0 Å². The topological polar surface area (TPSA) is 29.5 Å². The van der Waals surface area contributed by atoms with Crippen molar-refractivity contribution in [3.8, 4) is 5.75 Å². The van der Waals surface area contributed by atoms with E-state index >= 15 is 0 Å².